The standard InChI is InChI=1S/C32H38N2O5S/c1-23(36)33-18-7-3-6-13-31(37)34-27-10-8-9-26(19-27)32-38-28(22-40-29-11-4-2-5-12-29)20-30(39-32)25-16-14-24(21-35)15-17-25/h2,4-5,8-12,14-17,19,28,30,32,35H,3,6-7,13,18,20-22H2,1H3,(H,33,36)(H,34,37). The van der Waals surface area contributed by atoms with E-state index in [1.807, 2.05) is 66.7 Å². The van der Waals surface area contributed by atoms with E-state index in [0.29, 0.717) is 25.1 Å². The van der Waals surface area contributed by atoms with Gasteiger partial charge in [0.2, 0.25) is 11.8 Å². The van der Waals surface area contributed by atoms with Crippen molar-refractivity contribution in [2.45, 2.75) is 69.0 Å². The summed E-state index contributed by atoms with van der Waals surface area (Å²) in [6.07, 6.45) is 2.84. The maximum absolute atomic E-state index is 12.5. The molecule has 40 heavy (non-hydrogen) atoms. The van der Waals surface area contributed by atoms with Gasteiger partial charge in [0, 0.05) is 48.2 Å². The summed E-state index contributed by atoms with van der Waals surface area (Å²) in [6, 6.07) is 25.8. The molecule has 2 amide bonds. The second-order valence-electron chi connectivity index (χ2n) is 9.94. The van der Waals surface area contributed by atoms with E-state index in [1.165, 1.54) is 11.8 Å². The van der Waals surface area contributed by atoms with Crippen LogP contribution in [-0.2, 0) is 25.7 Å². The van der Waals surface area contributed by atoms with Gasteiger partial charge in [-0.25, -0.2) is 0 Å². The third-order valence-electron chi connectivity index (χ3n) is 6.69. The molecule has 0 aromatic heterocycles. The molecule has 0 saturated carbocycles. The minimum atomic E-state index is -0.580. The summed E-state index contributed by atoms with van der Waals surface area (Å²) in [5.41, 5.74) is 3.46. The number of aliphatic hydroxyl groups is 1. The first-order valence-corrected chi connectivity index (χ1v) is 14.8. The zero-order valence-corrected chi connectivity index (χ0v) is 23.7. The number of hydrogen-bond acceptors (Lipinski definition) is 6. The van der Waals surface area contributed by atoms with Crippen LogP contribution in [0, 0.1) is 0 Å². The molecule has 0 spiro atoms. The van der Waals surface area contributed by atoms with E-state index in [9.17, 15) is 14.7 Å². The third-order valence-corrected chi connectivity index (χ3v) is 7.84. The summed E-state index contributed by atoms with van der Waals surface area (Å²) in [6.45, 7) is 2.14. The van der Waals surface area contributed by atoms with Crippen LogP contribution in [0.5, 0.6) is 0 Å². The normalized spacial score (nSPS) is 18.7. The molecule has 3 aromatic rings. The highest BCUT2D eigenvalue weighted by Gasteiger charge is 2.32. The van der Waals surface area contributed by atoms with Crippen molar-refractivity contribution in [3.05, 3.63) is 95.6 Å². The number of thioether (sulfide) groups is 1. The minimum Gasteiger partial charge on any atom is -0.392 e. The second-order valence-corrected chi connectivity index (χ2v) is 11.0. The molecule has 3 aromatic carbocycles. The van der Waals surface area contributed by atoms with Gasteiger partial charge in [-0.2, -0.15) is 0 Å². The predicted molar refractivity (Wildman–Crippen MR) is 158 cm³/mol. The smallest absolute Gasteiger partial charge is 0.224 e. The molecule has 1 fully saturated rings. The first-order chi connectivity index (χ1) is 19.5. The molecule has 3 atom stereocenters. The molecule has 1 aliphatic rings. The molecule has 212 valence electrons. The number of ether oxygens (including phenoxy) is 2. The third kappa shape index (κ3) is 9.48. The number of carbonyl (C=O) groups is 2. The van der Waals surface area contributed by atoms with Gasteiger partial charge in [0.05, 0.1) is 18.8 Å². The van der Waals surface area contributed by atoms with Gasteiger partial charge in [0.25, 0.3) is 0 Å². The highest BCUT2D eigenvalue weighted by molar-refractivity contribution is 7.99. The van der Waals surface area contributed by atoms with Gasteiger partial charge in [-0.05, 0) is 48.2 Å². The highest BCUT2D eigenvalue weighted by Crippen LogP contribution is 2.39. The maximum atomic E-state index is 12.5. The van der Waals surface area contributed by atoms with Crippen molar-refractivity contribution >= 4 is 29.3 Å². The van der Waals surface area contributed by atoms with Crippen LogP contribution in [0.2, 0.25) is 0 Å². The number of amides is 2. The van der Waals surface area contributed by atoms with Crippen molar-refractivity contribution in [1.29, 1.82) is 0 Å². The summed E-state index contributed by atoms with van der Waals surface area (Å²) in [4.78, 5) is 24.7. The van der Waals surface area contributed by atoms with Crippen LogP contribution in [-0.4, -0.2) is 35.3 Å². The summed E-state index contributed by atoms with van der Waals surface area (Å²) in [5, 5.41) is 15.2. The lowest BCUT2D eigenvalue weighted by Crippen LogP contribution is -2.31. The quantitative estimate of drug-likeness (QED) is 0.171. The Bertz CT molecular complexity index is 1220. The minimum absolute atomic E-state index is 0.00344. The average Bonchev–Trinajstić information content (AvgIpc) is 2.98. The molecule has 0 radical (unpaired) electrons. The molecule has 7 nitrogen and oxygen atoms in total. The number of unbranched alkanes of at least 4 members (excludes halogenated alkanes) is 2. The molecule has 1 aliphatic heterocycles. The van der Waals surface area contributed by atoms with E-state index in [-0.39, 0.29) is 30.6 Å². The summed E-state index contributed by atoms with van der Waals surface area (Å²) >= 11 is 1.76. The van der Waals surface area contributed by atoms with Gasteiger partial charge < -0.3 is 25.2 Å². The van der Waals surface area contributed by atoms with E-state index >= 15 is 0 Å². The number of hydrogen-bond donors (Lipinski definition) is 3. The van der Waals surface area contributed by atoms with Gasteiger partial charge in [-0.15, -0.1) is 11.8 Å². The molecule has 3 N–H and O–H groups in total. The summed E-state index contributed by atoms with van der Waals surface area (Å²) < 4.78 is 12.9. The fourth-order valence-corrected chi connectivity index (χ4v) is 5.51. The number of anilines is 1. The van der Waals surface area contributed by atoms with E-state index in [2.05, 4.69) is 22.8 Å². The second kappa shape index (κ2) is 15.6. The Labute approximate surface area is 240 Å². The van der Waals surface area contributed by atoms with Gasteiger partial charge in [0.15, 0.2) is 6.29 Å². The number of rotatable bonds is 13. The summed E-state index contributed by atoms with van der Waals surface area (Å²) in [5.74, 6) is 0.713. The lowest BCUT2D eigenvalue weighted by Gasteiger charge is -2.36. The Hall–Kier alpha value is -3.17. The van der Waals surface area contributed by atoms with Crippen molar-refractivity contribution < 1.29 is 24.2 Å². The molecule has 0 aliphatic carbocycles. The Kier molecular flexibility index (Phi) is 11.6. The Morgan fingerprint density at radius 2 is 1.73 bits per heavy atom. The van der Waals surface area contributed by atoms with Crippen molar-refractivity contribution in [1.82, 2.24) is 5.32 Å². The molecular weight excluding hydrogens is 524 g/mol. The van der Waals surface area contributed by atoms with Crippen LogP contribution in [0.15, 0.2) is 83.8 Å². The van der Waals surface area contributed by atoms with Crippen LogP contribution in [0.4, 0.5) is 5.69 Å². The molecule has 0 bridgehead atoms. The van der Waals surface area contributed by atoms with Crippen LogP contribution in [0.3, 0.4) is 0 Å². The fraction of sp³-hybridized carbons (Fsp3) is 0.375. The number of aliphatic hydroxyl groups excluding tert-OH is 1. The zero-order valence-electron chi connectivity index (χ0n) is 22.9. The molecule has 3 unspecified atom stereocenters. The Morgan fingerprint density at radius 3 is 2.48 bits per heavy atom. The summed E-state index contributed by atoms with van der Waals surface area (Å²) in [7, 11) is 0. The Morgan fingerprint density at radius 1 is 0.925 bits per heavy atom. The Balaban J connectivity index is 1.39. The largest absolute Gasteiger partial charge is 0.392 e. The van der Waals surface area contributed by atoms with Crippen LogP contribution in [0.25, 0.3) is 0 Å². The zero-order chi connectivity index (χ0) is 28.2. The van der Waals surface area contributed by atoms with Gasteiger partial charge in [0.1, 0.15) is 0 Å². The van der Waals surface area contributed by atoms with Gasteiger partial charge >= 0.3 is 0 Å². The van der Waals surface area contributed by atoms with Crippen LogP contribution < -0.4 is 10.6 Å². The molecule has 1 heterocycles. The van der Waals surface area contributed by atoms with Crippen molar-refractivity contribution in [2.24, 2.45) is 0 Å². The molecule has 4 rings (SSSR count). The predicted octanol–water partition coefficient (Wildman–Crippen LogP) is 6.15. The first kappa shape index (κ1) is 29.8. The van der Waals surface area contributed by atoms with E-state index in [0.717, 1.165) is 41.7 Å². The number of carbonyl (C=O) groups excluding carboxylic acids is 2. The topological polar surface area (TPSA) is 96.9 Å². The fourth-order valence-electron chi connectivity index (χ4n) is 4.57. The lowest BCUT2D eigenvalue weighted by molar-refractivity contribution is -0.245. The van der Waals surface area contributed by atoms with E-state index in [4.69, 9.17) is 9.47 Å². The monoisotopic (exact) mass is 562 g/mol. The van der Waals surface area contributed by atoms with E-state index in [1.54, 1.807) is 11.8 Å². The van der Waals surface area contributed by atoms with E-state index < -0.39 is 6.29 Å². The molecular formula is C32H38N2O5S. The van der Waals surface area contributed by atoms with Gasteiger partial charge in [-0.3, -0.25) is 9.59 Å². The van der Waals surface area contributed by atoms with Crippen molar-refractivity contribution in [3.63, 3.8) is 0 Å². The molecule has 1 saturated heterocycles. The van der Waals surface area contributed by atoms with Crippen molar-refractivity contribution in [2.75, 3.05) is 17.6 Å². The SMILES string of the molecule is CC(=O)NCCCCCC(=O)Nc1cccc(C2OC(CSc3ccccc3)CC(c3ccc(CO)cc3)O2)c1. The lowest BCUT2D eigenvalue weighted by atomic mass is 10.0. The van der Waals surface area contributed by atoms with Crippen LogP contribution >= 0.6 is 11.8 Å². The van der Waals surface area contributed by atoms with Gasteiger partial charge in [-0.1, -0.05) is 61.0 Å². The van der Waals surface area contributed by atoms with Crippen molar-refractivity contribution in [3.8, 4) is 0 Å². The maximum Gasteiger partial charge on any atom is 0.224 e. The molecule has 8 heteroatoms. The van der Waals surface area contributed by atoms with Crippen LogP contribution in [0.1, 0.15) is 68.1 Å². The average molecular weight is 563 g/mol. The first-order valence-electron chi connectivity index (χ1n) is 13.8. The highest BCUT2D eigenvalue weighted by atomic mass is 32.2. The number of nitrogens with one attached hydrogen (secondary N) is 2. The number of benzene rings is 3.